The minimum atomic E-state index is -0.472. The molecule has 4 N–H and O–H groups in total. The Kier molecular flexibility index (Phi) is 2.98. The highest BCUT2D eigenvalue weighted by molar-refractivity contribution is 6.06. The van der Waals surface area contributed by atoms with E-state index in [4.69, 9.17) is 14.9 Å². The van der Waals surface area contributed by atoms with Crippen molar-refractivity contribution in [2.45, 2.75) is 6.92 Å². The van der Waals surface area contributed by atoms with Gasteiger partial charge in [-0.2, -0.15) is 0 Å². The molecule has 0 spiro atoms. The predicted molar refractivity (Wildman–Crippen MR) is 74.2 cm³/mol. The van der Waals surface area contributed by atoms with Gasteiger partial charge >= 0.3 is 0 Å². The number of nitrogens with zero attached hydrogens (tertiary/aromatic N) is 1. The van der Waals surface area contributed by atoms with E-state index in [0.717, 1.165) is 0 Å². The van der Waals surface area contributed by atoms with Crippen LogP contribution in [-0.2, 0) is 4.79 Å². The highest BCUT2D eigenvalue weighted by Gasteiger charge is 2.20. The van der Waals surface area contributed by atoms with Gasteiger partial charge in [-0.1, -0.05) is 0 Å². The number of rotatable bonds is 2. The van der Waals surface area contributed by atoms with Gasteiger partial charge in [0.2, 0.25) is 5.76 Å². The molecule has 0 unspecified atom stereocenters. The fourth-order valence-corrected chi connectivity index (χ4v) is 1.95. The number of nitrogens with two attached hydrogens (primary N) is 1. The van der Waals surface area contributed by atoms with Gasteiger partial charge in [0.05, 0.1) is 22.8 Å². The van der Waals surface area contributed by atoms with Crippen LogP contribution in [0, 0.1) is 6.92 Å². The number of nitrogens with one attached hydrogen (secondary N) is 2. The second-order valence-corrected chi connectivity index (χ2v) is 4.49. The Labute approximate surface area is 119 Å². The van der Waals surface area contributed by atoms with Crippen LogP contribution < -0.4 is 21.1 Å². The van der Waals surface area contributed by atoms with Crippen LogP contribution in [0.15, 0.2) is 22.9 Å². The molecular formula is C13H12N4O4. The van der Waals surface area contributed by atoms with Gasteiger partial charge in [0, 0.05) is 6.07 Å². The predicted octanol–water partition coefficient (Wildman–Crippen LogP) is 1.15. The monoisotopic (exact) mass is 288 g/mol. The Morgan fingerprint density at radius 1 is 1.48 bits per heavy atom. The number of fused-ring (bicyclic) bond motifs is 1. The first-order valence-electron chi connectivity index (χ1n) is 6.12. The number of amides is 2. The molecule has 8 heteroatoms. The molecule has 0 radical (unpaired) electrons. The number of hydrogen-bond acceptors (Lipinski definition) is 6. The Bertz CT molecular complexity index is 738. The second kappa shape index (κ2) is 4.82. The second-order valence-electron chi connectivity index (χ2n) is 4.49. The van der Waals surface area contributed by atoms with E-state index in [1.807, 2.05) is 0 Å². The molecular weight excluding hydrogens is 276 g/mol. The zero-order chi connectivity index (χ0) is 15.0. The maximum atomic E-state index is 12.1. The third-order valence-electron chi connectivity index (χ3n) is 2.98. The molecule has 1 aromatic carbocycles. The summed E-state index contributed by atoms with van der Waals surface area (Å²) in [6, 6.07) is 3.07. The van der Waals surface area contributed by atoms with Crippen LogP contribution >= 0.6 is 0 Å². The molecule has 0 saturated heterocycles. The molecule has 3 rings (SSSR count). The number of aromatic nitrogens is 1. The maximum absolute atomic E-state index is 12.1. The van der Waals surface area contributed by atoms with E-state index < -0.39 is 5.91 Å². The van der Waals surface area contributed by atoms with Crippen molar-refractivity contribution in [2.24, 2.45) is 0 Å². The number of carbonyl (C=O) groups is 2. The summed E-state index contributed by atoms with van der Waals surface area (Å²) >= 11 is 0. The Balaban J connectivity index is 1.89. The van der Waals surface area contributed by atoms with E-state index in [-0.39, 0.29) is 18.3 Å². The highest BCUT2D eigenvalue weighted by atomic mass is 16.5. The Hall–Kier alpha value is -3.03. The van der Waals surface area contributed by atoms with Crippen LogP contribution in [0.4, 0.5) is 17.1 Å². The average molecular weight is 288 g/mol. The van der Waals surface area contributed by atoms with Crippen molar-refractivity contribution in [1.29, 1.82) is 0 Å². The number of carbonyl (C=O) groups excluding carboxylic acids is 2. The summed E-state index contributed by atoms with van der Waals surface area (Å²) in [7, 11) is 0. The molecule has 2 amide bonds. The molecule has 2 heterocycles. The summed E-state index contributed by atoms with van der Waals surface area (Å²) in [6.45, 7) is 1.60. The molecule has 8 nitrogen and oxygen atoms in total. The van der Waals surface area contributed by atoms with Crippen molar-refractivity contribution in [3.63, 3.8) is 0 Å². The van der Waals surface area contributed by atoms with Crippen LogP contribution in [-0.4, -0.2) is 23.4 Å². The van der Waals surface area contributed by atoms with E-state index >= 15 is 0 Å². The first-order valence-corrected chi connectivity index (χ1v) is 6.12. The normalized spacial score (nSPS) is 13.1. The highest BCUT2D eigenvalue weighted by Crippen LogP contribution is 2.35. The van der Waals surface area contributed by atoms with Crippen molar-refractivity contribution in [3.05, 3.63) is 30.0 Å². The largest absolute Gasteiger partial charge is 0.482 e. The van der Waals surface area contributed by atoms with Crippen LogP contribution in [0.5, 0.6) is 5.75 Å². The van der Waals surface area contributed by atoms with Gasteiger partial charge in [0.25, 0.3) is 11.8 Å². The molecule has 0 aliphatic carbocycles. The summed E-state index contributed by atoms with van der Waals surface area (Å²) in [5, 5.41) is 5.25. The average Bonchev–Trinajstić information content (AvgIpc) is 2.86. The van der Waals surface area contributed by atoms with Gasteiger partial charge in [-0.15, -0.1) is 0 Å². The van der Waals surface area contributed by atoms with Gasteiger partial charge in [-0.3, -0.25) is 9.59 Å². The molecule has 1 aliphatic heterocycles. The number of aryl methyl sites for hydroxylation is 1. The summed E-state index contributed by atoms with van der Waals surface area (Å²) in [4.78, 5) is 27.2. The van der Waals surface area contributed by atoms with Gasteiger partial charge in [-0.05, 0) is 13.0 Å². The maximum Gasteiger partial charge on any atom is 0.293 e. The number of hydrogen-bond donors (Lipinski definition) is 3. The van der Waals surface area contributed by atoms with Crippen molar-refractivity contribution in [2.75, 3.05) is 23.0 Å². The van der Waals surface area contributed by atoms with E-state index in [2.05, 4.69) is 15.6 Å². The quantitative estimate of drug-likeness (QED) is 0.713. The standard InChI is InChI=1S/C13H12N4O4/c1-6-12(21-5-15-6)13(19)17-8-3-9-10(2-7(8)14)20-4-11(18)16-9/h2-3,5H,4,14H2,1H3,(H,16,18)(H,17,19). The van der Waals surface area contributed by atoms with E-state index in [1.165, 1.54) is 18.5 Å². The van der Waals surface area contributed by atoms with E-state index in [0.29, 0.717) is 28.5 Å². The fraction of sp³-hybridized carbons (Fsp3) is 0.154. The lowest BCUT2D eigenvalue weighted by Crippen LogP contribution is -2.25. The number of anilines is 3. The summed E-state index contributed by atoms with van der Waals surface area (Å²) in [5.41, 5.74) is 7.45. The molecule has 0 bridgehead atoms. The van der Waals surface area contributed by atoms with E-state index in [9.17, 15) is 9.59 Å². The third-order valence-corrected chi connectivity index (χ3v) is 2.98. The van der Waals surface area contributed by atoms with Crippen LogP contribution in [0.2, 0.25) is 0 Å². The minimum Gasteiger partial charge on any atom is -0.482 e. The van der Waals surface area contributed by atoms with Crippen molar-refractivity contribution in [3.8, 4) is 5.75 Å². The smallest absolute Gasteiger partial charge is 0.293 e. The van der Waals surface area contributed by atoms with Gasteiger partial charge in [0.1, 0.15) is 5.75 Å². The van der Waals surface area contributed by atoms with Gasteiger partial charge in [-0.25, -0.2) is 4.98 Å². The Morgan fingerprint density at radius 3 is 3.00 bits per heavy atom. The molecule has 108 valence electrons. The van der Waals surface area contributed by atoms with Gasteiger partial charge < -0.3 is 25.5 Å². The molecule has 1 aromatic heterocycles. The number of oxazole rings is 1. The zero-order valence-corrected chi connectivity index (χ0v) is 11.1. The van der Waals surface area contributed by atoms with Crippen molar-refractivity contribution >= 4 is 28.9 Å². The number of benzene rings is 1. The number of ether oxygens (including phenoxy) is 1. The summed E-state index contributed by atoms with van der Waals surface area (Å²) < 4.78 is 10.2. The van der Waals surface area contributed by atoms with Crippen molar-refractivity contribution < 1.29 is 18.7 Å². The Morgan fingerprint density at radius 2 is 2.29 bits per heavy atom. The molecule has 1 aliphatic rings. The summed E-state index contributed by atoms with van der Waals surface area (Å²) in [5.74, 6) is -0.177. The lowest BCUT2D eigenvalue weighted by molar-refractivity contribution is -0.118. The zero-order valence-electron chi connectivity index (χ0n) is 11.1. The molecule has 2 aromatic rings. The van der Waals surface area contributed by atoms with Crippen LogP contribution in [0.1, 0.15) is 16.2 Å². The molecule has 0 fully saturated rings. The first-order chi connectivity index (χ1) is 10.0. The lowest BCUT2D eigenvalue weighted by atomic mass is 10.2. The minimum absolute atomic E-state index is 0.0601. The third kappa shape index (κ3) is 2.38. The van der Waals surface area contributed by atoms with Crippen LogP contribution in [0.25, 0.3) is 0 Å². The molecule has 0 saturated carbocycles. The topological polar surface area (TPSA) is 119 Å². The van der Waals surface area contributed by atoms with Crippen molar-refractivity contribution in [1.82, 2.24) is 4.98 Å². The summed E-state index contributed by atoms with van der Waals surface area (Å²) in [6.07, 6.45) is 1.19. The number of nitrogen functional groups attached to an aromatic ring is 1. The van der Waals surface area contributed by atoms with Gasteiger partial charge in [0.15, 0.2) is 13.0 Å². The van der Waals surface area contributed by atoms with Crippen LogP contribution in [0.3, 0.4) is 0 Å². The SMILES string of the molecule is Cc1ncoc1C(=O)Nc1cc2c(cc1N)OCC(=O)N2. The lowest BCUT2D eigenvalue weighted by Gasteiger charge is -2.20. The first kappa shape index (κ1) is 13.0. The fourth-order valence-electron chi connectivity index (χ4n) is 1.95. The molecule has 21 heavy (non-hydrogen) atoms. The molecule has 0 atom stereocenters. The van der Waals surface area contributed by atoms with E-state index in [1.54, 1.807) is 6.92 Å².